The molecule has 92 heavy (non-hydrogen) atoms. The van der Waals surface area contributed by atoms with Gasteiger partial charge in [-0.2, -0.15) is 0 Å². The van der Waals surface area contributed by atoms with Gasteiger partial charge in [0.05, 0.1) is 66.2 Å². The maximum Gasteiger partial charge on any atom is 0.0623 e. The minimum Gasteiger partial charge on any atom is -0.308 e. The molecule has 0 saturated carbocycles. The van der Waals surface area contributed by atoms with Crippen LogP contribution in [0, 0.1) is 0 Å². The molecular weight excluding hydrogens is 1110 g/mol. The van der Waals surface area contributed by atoms with E-state index in [1.807, 2.05) is 0 Å². The van der Waals surface area contributed by atoms with E-state index in [0.717, 1.165) is 0 Å². The van der Waals surface area contributed by atoms with Gasteiger partial charge in [-0.25, -0.2) is 0 Å². The van der Waals surface area contributed by atoms with Crippen molar-refractivity contribution in [2.45, 2.75) is 105 Å². The smallest absolute Gasteiger partial charge is 0.0623 e. The molecule has 0 amide bonds. The lowest BCUT2D eigenvalue weighted by Gasteiger charge is -2.20. The minimum absolute atomic E-state index is 0.116. The summed E-state index contributed by atoms with van der Waals surface area (Å²) in [4.78, 5) is 0. The summed E-state index contributed by atoms with van der Waals surface area (Å²) in [6, 6.07) is 89.0. The maximum atomic E-state index is 2.48. The van der Waals surface area contributed by atoms with E-state index in [4.69, 9.17) is 0 Å². The zero-order valence-electron chi connectivity index (χ0n) is 54.9. The second-order valence-electron chi connectivity index (χ2n) is 30.1. The summed E-state index contributed by atoms with van der Waals surface area (Å²) in [5, 5.41) is 21.8. The van der Waals surface area contributed by atoms with Crippen LogP contribution in [0.5, 0.6) is 0 Å². The fourth-order valence-corrected chi connectivity index (χ4v) is 16.2. The SMILES string of the molecule is CC(C)(C)c1ccc2c3cccc4c5ccccc5n(c2c1)c43.CC(C)(C)c1ccc2c3ccccc3n3c4ccccc4c1c23.CC(C)(C)c1cccc2c1c1cccc3c4ccccc4n2c31.CC(C)(C)c1cccc2c3cccc4c5ccccc5n(c12)c43. The van der Waals surface area contributed by atoms with E-state index in [-0.39, 0.29) is 21.7 Å². The third-order valence-corrected chi connectivity index (χ3v) is 20.3. The Morgan fingerprint density at radius 1 is 0.185 bits per heavy atom. The highest BCUT2D eigenvalue weighted by Crippen LogP contribution is 2.47. The van der Waals surface area contributed by atoms with Gasteiger partial charge in [0.25, 0.3) is 0 Å². The third kappa shape index (κ3) is 8.01. The van der Waals surface area contributed by atoms with Crippen molar-refractivity contribution in [1.29, 1.82) is 0 Å². The van der Waals surface area contributed by atoms with E-state index in [9.17, 15) is 0 Å². The Morgan fingerprint density at radius 3 is 0.989 bits per heavy atom. The zero-order chi connectivity index (χ0) is 63.1. The Bertz CT molecular complexity index is 6200. The lowest BCUT2D eigenvalue weighted by Crippen LogP contribution is -2.12. The van der Waals surface area contributed by atoms with Crippen LogP contribution in [0.25, 0.3) is 152 Å². The second-order valence-corrected chi connectivity index (χ2v) is 30.1. The van der Waals surface area contributed by atoms with Crippen LogP contribution in [-0.2, 0) is 21.7 Å². The van der Waals surface area contributed by atoms with Gasteiger partial charge >= 0.3 is 0 Å². The zero-order valence-corrected chi connectivity index (χ0v) is 54.9. The summed E-state index contributed by atoms with van der Waals surface area (Å²) in [6.07, 6.45) is 0. The molecule has 0 aliphatic heterocycles. The first-order valence-corrected chi connectivity index (χ1v) is 32.9. The number of hydrogen-bond donors (Lipinski definition) is 0. The predicted octanol–water partition coefficient (Wildman–Crippen LogP) is 24.5. The number of hydrogen-bond acceptors (Lipinski definition) is 0. The number of nitrogens with zero attached hydrogens (tertiary/aromatic N) is 4. The minimum atomic E-state index is 0.116. The highest BCUT2D eigenvalue weighted by Gasteiger charge is 2.28. The molecule has 12 aromatic carbocycles. The van der Waals surface area contributed by atoms with Crippen LogP contribution in [0.4, 0.5) is 0 Å². The van der Waals surface area contributed by atoms with Crippen molar-refractivity contribution in [3.8, 4) is 0 Å². The molecule has 0 fully saturated rings. The van der Waals surface area contributed by atoms with Crippen LogP contribution in [-0.4, -0.2) is 17.6 Å². The number of para-hydroxylation sites is 9. The molecule has 20 rings (SSSR count). The normalized spacial score (nSPS) is 13.0. The van der Waals surface area contributed by atoms with Gasteiger partial charge < -0.3 is 17.6 Å². The van der Waals surface area contributed by atoms with Crippen LogP contribution in [0.1, 0.15) is 105 Å². The number of aromatic nitrogens is 4. The largest absolute Gasteiger partial charge is 0.308 e. The lowest BCUT2D eigenvalue weighted by molar-refractivity contribution is 0.591. The molecule has 20 aromatic rings. The molecule has 0 radical (unpaired) electrons. The maximum absolute atomic E-state index is 2.48. The highest BCUT2D eigenvalue weighted by molar-refractivity contribution is 6.27. The highest BCUT2D eigenvalue weighted by atomic mass is 14.9. The summed E-state index contributed by atoms with van der Waals surface area (Å²) in [5.41, 5.74) is 22.2. The Morgan fingerprint density at radius 2 is 0.489 bits per heavy atom. The first kappa shape index (κ1) is 55.9. The molecule has 4 nitrogen and oxygen atoms in total. The van der Waals surface area contributed by atoms with Crippen molar-refractivity contribution in [2.24, 2.45) is 0 Å². The first-order chi connectivity index (χ1) is 44.3. The predicted molar refractivity (Wildman–Crippen MR) is 399 cm³/mol. The van der Waals surface area contributed by atoms with Gasteiger partial charge in [0.2, 0.25) is 0 Å². The van der Waals surface area contributed by atoms with Gasteiger partial charge in [-0.15, -0.1) is 0 Å². The van der Waals surface area contributed by atoms with E-state index < -0.39 is 0 Å². The van der Waals surface area contributed by atoms with Crippen molar-refractivity contribution < 1.29 is 0 Å². The molecule has 0 atom stereocenters. The number of fused-ring (bicyclic) bond motifs is 24. The molecule has 0 bridgehead atoms. The van der Waals surface area contributed by atoms with Gasteiger partial charge in [-0.3, -0.25) is 0 Å². The number of benzene rings is 12. The topological polar surface area (TPSA) is 17.6 Å². The molecule has 0 unspecified atom stereocenters. The van der Waals surface area contributed by atoms with Crippen molar-refractivity contribution >= 4 is 152 Å². The molecule has 8 heterocycles. The molecule has 0 saturated heterocycles. The Balaban J connectivity index is 0.0000000939. The standard InChI is InChI=1S/4C22H19N/c1-22(2,3)17-13-12-15-14-8-4-6-10-18(14)23-19-11-7-5-9-16(19)20(17)21(15)23;1-22(2,3)18-12-7-11-17-16-10-6-9-15-14-8-4-5-13-19(14)23(20(15)16)21(17)18;1-22(2,3)17-11-7-13-19-20(17)16-10-6-9-15-14-8-4-5-12-18(14)23(19)21(15)16;1-22(2,3)14-11-12-16-18-9-6-8-17-15-7-4-5-10-19(15)23(21(17)18)20(16)13-14/h4*4-13H,1-3H3. The van der Waals surface area contributed by atoms with E-state index in [0.29, 0.717) is 0 Å². The fraction of sp³-hybridized carbons (Fsp3) is 0.182. The van der Waals surface area contributed by atoms with E-state index in [1.54, 1.807) is 0 Å². The monoisotopic (exact) mass is 1190 g/mol. The summed E-state index contributed by atoms with van der Waals surface area (Å²) >= 11 is 0. The molecule has 8 aromatic heterocycles. The van der Waals surface area contributed by atoms with Crippen molar-refractivity contribution in [2.75, 3.05) is 0 Å². The van der Waals surface area contributed by atoms with Crippen LogP contribution in [0.15, 0.2) is 243 Å². The Labute approximate surface area is 536 Å². The molecule has 4 heteroatoms. The first-order valence-electron chi connectivity index (χ1n) is 32.9. The van der Waals surface area contributed by atoms with Crippen molar-refractivity contribution in [3.05, 3.63) is 265 Å². The molecule has 0 aliphatic rings. The Hall–Kier alpha value is -10.2. The third-order valence-electron chi connectivity index (χ3n) is 20.3. The Kier molecular flexibility index (Phi) is 11.9. The van der Waals surface area contributed by atoms with Gasteiger partial charge in [0.1, 0.15) is 0 Å². The van der Waals surface area contributed by atoms with Gasteiger partial charge in [-0.1, -0.05) is 283 Å². The van der Waals surface area contributed by atoms with Gasteiger partial charge in [-0.05, 0) is 86.4 Å². The summed E-state index contributed by atoms with van der Waals surface area (Å²) in [6.45, 7) is 27.5. The van der Waals surface area contributed by atoms with Crippen LogP contribution in [0.3, 0.4) is 0 Å². The number of rotatable bonds is 0. The van der Waals surface area contributed by atoms with Crippen LogP contribution < -0.4 is 0 Å². The summed E-state index contributed by atoms with van der Waals surface area (Å²) < 4.78 is 9.83. The van der Waals surface area contributed by atoms with E-state index >= 15 is 0 Å². The molecule has 0 aliphatic carbocycles. The van der Waals surface area contributed by atoms with E-state index in [1.165, 1.54) is 175 Å². The molecule has 0 spiro atoms. The quantitative estimate of drug-likeness (QED) is 0.144. The average Bonchev–Trinajstić information content (AvgIpc) is 2.32. The van der Waals surface area contributed by atoms with E-state index in [2.05, 4.69) is 343 Å². The fourth-order valence-electron chi connectivity index (χ4n) is 16.2. The molecular formula is C88H76N4. The summed E-state index contributed by atoms with van der Waals surface area (Å²) in [5.74, 6) is 0. The van der Waals surface area contributed by atoms with Gasteiger partial charge in [0, 0.05) is 86.2 Å². The molecule has 448 valence electrons. The average molecular weight is 1190 g/mol. The molecule has 0 N–H and O–H groups in total. The van der Waals surface area contributed by atoms with Gasteiger partial charge in [0.15, 0.2) is 0 Å². The van der Waals surface area contributed by atoms with Crippen LogP contribution in [0.2, 0.25) is 0 Å². The summed E-state index contributed by atoms with van der Waals surface area (Å²) in [7, 11) is 0. The lowest BCUT2D eigenvalue weighted by atomic mass is 9.83. The van der Waals surface area contributed by atoms with Crippen LogP contribution >= 0.6 is 0 Å². The second kappa shape index (κ2) is 19.7. The van der Waals surface area contributed by atoms with Crippen molar-refractivity contribution in [3.63, 3.8) is 0 Å². The van der Waals surface area contributed by atoms with Crippen molar-refractivity contribution in [1.82, 2.24) is 17.6 Å².